The zero-order valence-corrected chi connectivity index (χ0v) is 31.4. The van der Waals surface area contributed by atoms with Crippen molar-refractivity contribution in [1.82, 2.24) is 19.5 Å². The Balaban J connectivity index is 1.31. The molecule has 0 amide bonds. The number of carboxylic acids is 1. The average Bonchev–Trinajstić information content (AvgIpc) is 3.76. The van der Waals surface area contributed by atoms with Crippen LogP contribution in [0.25, 0.3) is 11.2 Å². The number of aromatic carboxylic acids is 1. The molecule has 5 heterocycles. The molecule has 2 aliphatic rings. The number of hydrogen-bond donors (Lipinski definition) is 4. The van der Waals surface area contributed by atoms with Gasteiger partial charge in [0.05, 0.1) is 19.5 Å². The number of esters is 4. The number of carboxylic acid groups (broad SMARTS) is 1. The number of fused-ring (bicyclic) bond motifs is 1. The second-order valence-corrected chi connectivity index (χ2v) is 15.0. The maximum Gasteiger partial charge on any atom is 0.481 e. The standard InChI is InChI=1S/C29H34N6O19P2/c1-13(36)48-21-18(52-27(23(21)50-15(3)38)34-7-5-6-17(8-34)29(40)41)9-46-55(42,43)54-56(44,45)47-10-19-22(49-14(2)37)24(51-16(4)39)28(53-19)35-12-33-20-25(30)31-11-32-26(20)35/h5-8,11-12,18-19,21-24,27-28H,9-10H2,1-4H3,(H4-,30,31,32,40,41,42,43,44,45)/p+1/t18-,19-,21?,22?,23+,24+,27-,28-/m1/s1. The number of carbonyl (C=O) groups is 5. The van der Waals surface area contributed by atoms with Gasteiger partial charge < -0.3 is 49.0 Å². The summed E-state index contributed by atoms with van der Waals surface area (Å²) < 4.78 is 75.8. The Morgan fingerprint density at radius 3 is 1.93 bits per heavy atom. The molecule has 2 saturated heterocycles. The number of hydrogen-bond acceptors (Lipinski definition) is 20. The zero-order valence-electron chi connectivity index (χ0n) is 29.6. The van der Waals surface area contributed by atoms with Crippen LogP contribution in [0.2, 0.25) is 0 Å². The summed E-state index contributed by atoms with van der Waals surface area (Å²) in [6.07, 6.45) is -6.84. The maximum absolute atomic E-state index is 13.0. The Labute approximate surface area is 314 Å². The zero-order chi connectivity index (χ0) is 41.1. The fraction of sp³-hybridized carbons (Fsp3) is 0.483. The van der Waals surface area contributed by atoms with Gasteiger partial charge >= 0.3 is 51.7 Å². The van der Waals surface area contributed by atoms with Crippen LogP contribution in [-0.2, 0) is 70.1 Å². The molecule has 0 radical (unpaired) electrons. The van der Waals surface area contributed by atoms with Crippen LogP contribution in [0, 0.1) is 0 Å². The van der Waals surface area contributed by atoms with Crippen molar-refractivity contribution >= 4 is 62.5 Å². The predicted octanol–water partition coefficient (Wildman–Crippen LogP) is -0.133. The van der Waals surface area contributed by atoms with Crippen molar-refractivity contribution in [2.75, 3.05) is 18.9 Å². The monoisotopic (exact) mass is 833 g/mol. The summed E-state index contributed by atoms with van der Waals surface area (Å²) in [4.78, 5) is 92.7. The van der Waals surface area contributed by atoms with E-state index in [-0.39, 0.29) is 22.5 Å². The fourth-order valence-corrected chi connectivity index (χ4v) is 7.89. The molecule has 0 spiro atoms. The van der Waals surface area contributed by atoms with Gasteiger partial charge in [0.2, 0.25) is 6.10 Å². The number of imidazole rings is 1. The Hall–Kier alpha value is -4.97. The van der Waals surface area contributed by atoms with E-state index >= 15 is 0 Å². The molecule has 3 aromatic rings. The molecule has 2 fully saturated rings. The SMILES string of the molecule is CC(=O)OC1[C@@H](COP(=O)(O)OP(=O)(O)OC[C@H]2O[C@@H]([n+]3cccc(C(=O)O)c3)[C@@H](OC(C)=O)C2OC(C)=O)O[C@@H](n2cnc3c(N)ncnc32)[C@H]1OC(C)=O. The molecule has 4 unspecified atom stereocenters. The van der Waals surface area contributed by atoms with Crippen molar-refractivity contribution in [3.63, 3.8) is 0 Å². The fourth-order valence-electron chi connectivity index (χ4n) is 5.80. The number of phosphoric acid groups is 2. The maximum atomic E-state index is 13.0. The summed E-state index contributed by atoms with van der Waals surface area (Å²) in [7, 11) is -11.2. The minimum Gasteiger partial charge on any atom is -0.477 e. The highest BCUT2D eigenvalue weighted by atomic mass is 31.3. The highest BCUT2D eigenvalue weighted by molar-refractivity contribution is 7.61. The number of ether oxygens (including phenoxy) is 6. The molecular formula is C29H35N6O19P2+. The predicted molar refractivity (Wildman–Crippen MR) is 176 cm³/mol. The first kappa shape index (κ1) is 42.2. The number of rotatable bonds is 15. The lowest BCUT2D eigenvalue weighted by Gasteiger charge is -2.24. The van der Waals surface area contributed by atoms with E-state index in [1.165, 1.54) is 33.8 Å². The largest absolute Gasteiger partial charge is 0.481 e. The van der Waals surface area contributed by atoms with Gasteiger partial charge in [0.25, 0.3) is 0 Å². The number of anilines is 1. The van der Waals surface area contributed by atoms with Gasteiger partial charge in [0.1, 0.15) is 29.6 Å². The van der Waals surface area contributed by atoms with E-state index in [0.29, 0.717) is 0 Å². The van der Waals surface area contributed by atoms with Crippen LogP contribution >= 0.6 is 15.6 Å². The Morgan fingerprint density at radius 2 is 1.36 bits per heavy atom. The number of nitrogens with zero attached hydrogens (tertiary/aromatic N) is 5. The van der Waals surface area contributed by atoms with Gasteiger partial charge in [-0.2, -0.15) is 8.88 Å². The van der Waals surface area contributed by atoms with Crippen LogP contribution in [0.1, 0.15) is 50.5 Å². The summed E-state index contributed by atoms with van der Waals surface area (Å²) in [6.45, 7) is 2.14. The number of nitrogen functional groups attached to an aromatic ring is 1. The first-order valence-electron chi connectivity index (χ1n) is 16.1. The normalized spacial score (nSPS) is 26.8. The summed E-state index contributed by atoms with van der Waals surface area (Å²) >= 11 is 0. The van der Waals surface area contributed by atoms with Crippen molar-refractivity contribution in [3.8, 4) is 0 Å². The van der Waals surface area contributed by atoms with Crippen LogP contribution in [0.4, 0.5) is 5.82 Å². The van der Waals surface area contributed by atoms with Gasteiger partial charge in [0.15, 0.2) is 48.4 Å². The molecular weight excluding hydrogens is 798 g/mol. The third-order valence-electron chi connectivity index (χ3n) is 7.81. The summed E-state index contributed by atoms with van der Waals surface area (Å²) in [5.74, 6) is -4.80. The van der Waals surface area contributed by atoms with Gasteiger partial charge in [-0.1, -0.05) is 0 Å². The van der Waals surface area contributed by atoms with Gasteiger partial charge in [-0.25, -0.2) is 28.9 Å². The van der Waals surface area contributed by atoms with Crippen LogP contribution < -0.4 is 10.3 Å². The minimum atomic E-state index is -5.59. The Kier molecular flexibility index (Phi) is 12.8. The molecule has 5 N–H and O–H groups in total. The third kappa shape index (κ3) is 10.1. The lowest BCUT2D eigenvalue weighted by Crippen LogP contribution is -2.48. The van der Waals surface area contributed by atoms with Crippen molar-refractivity contribution in [1.29, 1.82) is 0 Å². The number of carbonyl (C=O) groups excluding carboxylic acids is 4. The lowest BCUT2D eigenvalue weighted by atomic mass is 10.1. The van der Waals surface area contributed by atoms with E-state index < -0.39 is 108 Å². The van der Waals surface area contributed by atoms with E-state index in [2.05, 4.69) is 19.3 Å². The van der Waals surface area contributed by atoms with Crippen molar-refractivity contribution < 1.29 is 94.3 Å². The first-order chi connectivity index (χ1) is 26.2. The molecule has 0 aliphatic carbocycles. The molecule has 304 valence electrons. The summed E-state index contributed by atoms with van der Waals surface area (Å²) in [5.41, 5.74) is 5.91. The number of pyridine rings is 1. The molecule has 2 aliphatic heterocycles. The molecule has 0 aromatic carbocycles. The van der Waals surface area contributed by atoms with Crippen LogP contribution in [0.3, 0.4) is 0 Å². The van der Waals surface area contributed by atoms with Crippen LogP contribution in [0.5, 0.6) is 0 Å². The molecule has 5 rings (SSSR count). The molecule has 56 heavy (non-hydrogen) atoms. The quantitative estimate of drug-likeness (QED) is 0.0670. The van der Waals surface area contributed by atoms with E-state index in [4.69, 9.17) is 43.2 Å². The van der Waals surface area contributed by atoms with Crippen molar-refractivity contribution in [3.05, 3.63) is 42.7 Å². The van der Waals surface area contributed by atoms with Gasteiger partial charge in [-0.05, 0) is 6.07 Å². The highest BCUT2D eigenvalue weighted by Crippen LogP contribution is 2.61. The number of phosphoric ester groups is 2. The van der Waals surface area contributed by atoms with Crippen molar-refractivity contribution in [2.45, 2.75) is 76.8 Å². The second-order valence-electron chi connectivity index (χ2n) is 12.0. The smallest absolute Gasteiger partial charge is 0.477 e. The molecule has 27 heteroatoms. The topological polar surface area (TPSA) is 337 Å². The Bertz CT molecular complexity index is 2100. The van der Waals surface area contributed by atoms with Crippen molar-refractivity contribution in [2.24, 2.45) is 0 Å². The Morgan fingerprint density at radius 1 is 0.821 bits per heavy atom. The van der Waals surface area contributed by atoms with E-state index in [1.807, 2.05) is 0 Å². The number of aromatic nitrogens is 5. The molecule has 25 nitrogen and oxygen atoms in total. The summed E-state index contributed by atoms with van der Waals surface area (Å²) in [5, 5.41) is 9.43. The lowest BCUT2D eigenvalue weighted by molar-refractivity contribution is -0.765. The third-order valence-corrected chi connectivity index (χ3v) is 10.4. The van der Waals surface area contributed by atoms with Gasteiger partial charge in [0, 0.05) is 33.8 Å². The number of nitrogens with two attached hydrogens (primary N) is 1. The highest BCUT2D eigenvalue weighted by Gasteiger charge is 2.56. The first-order valence-corrected chi connectivity index (χ1v) is 19.1. The molecule has 10 atom stereocenters. The average molecular weight is 834 g/mol. The van der Waals surface area contributed by atoms with E-state index in [1.54, 1.807) is 0 Å². The van der Waals surface area contributed by atoms with Gasteiger partial charge in [-0.15, -0.1) is 0 Å². The van der Waals surface area contributed by atoms with E-state index in [9.17, 15) is 48.0 Å². The minimum absolute atomic E-state index is 0.00365. The van der Waals surface area contributed by atoms with Gasteiger partial charge in [-0.3, -0.25) is 32.8 Å². The molecule has 0 bridgehead atoms. The summed E-state index contributed by atoms with van der Waals surface area (Å²) in [6, 6.07) is 2.59. The second kappa shape index (κ2) is 17.0. The van der Waals surface area contributed by atoms with Crippen LogP contribution in [0.15, 0.2) is 37.2 Å². The van der Waals surface area contributed by atoms with Crippen LogP contribution in [-0.4, -0.2) is 114 Å². The van der Waals surface area contributed by atoms with E-state index in [0.717, 1.165) is 40.2 Å². The molecule has 3 aromatic heterocycles. The molecule has 0 saturated carbocycles.